The second-order valence-electron chi connectivity index (χ2n) is 10.9. The van der Waals surface area contributed by atoms with E-state index >= 15 is 4.39 Å². The van der Waals surface area contributed by atoms with E-state index in [9.17, 15) is 14.7 Å². The lowest BCUT2D eigenvalue weighted by Gasteiger charge is -2.45. The van der Waals surface area contributed by atoms with Crippen molar-refractivity contribution in [3.63, 3.8) is 0 Å². The number of nitrogens with zero attached hydrogens (tertiary/aromatic N) is 6. The molecular weight excluding hydrogens is 559 g/mol. The Bertz CT molecular complexity index is 1760. The van der Waals surface area contributed by atoms with Gasteiger partial charge in [-0.25, -0.2) is 18.7 Å². The molecule has 1 aliphatic rings. The van der Waals surface area contributed by atoms with Crippen LogP contribution < -0.4 is 10.6 Å². The number of carbonyl (C=O) groups is 1. The number of hydrogen-bond donors (Lipinski definition) is 1. The Morgan fingerprint density at radius 3 is 2.50 bits per heavy atom. The zero-order valence-corrected chi connectivity index (χ0v) is 24.9. The summed E-state index contributed by atoms with van der Waals surface area (Å²) in [7, 11) is 0. The van der Waals surface area contributed by atoms with Gasteiger partial charge < -0.3 is 14.9 Å². The van der Waals surface area contributed by atoms with Gasteiger partial charge in [0.05, 0.1) is 33.0 Å². The number of piperazine rings is 1. The van der Waals surface area contributed by atoms with Gasteiger partial charge in [0.15, 0.2) is 5.65 Å². The van der Waals surface area contributed by atoms with E-state index < -0.39 is 11.5 Å². The molecule has 42 heavy (non-hydrogen) atoms. The van der Waals surface area contributed by atoms with Crippen LogP contribution in [-0.2, 0) is 4.79 Å². The van der Waals surface area contributed by atoms with Gasteiger partial charge in [0.2, 0.25) is 5.91 Å². The predicted octanol–water partition coefficient (Wildman–Crippen LogP) is 5.38. The van der Waals surface area contributed by atoms with Gasteiger partial charge in [-0.1, -0.05) is 38.1 Å². The average Bonchev–Trinajstić information content (AvgIpc) is 2.93. The van der Waals surface area contributed by atoms with Crippen LogP contribution in [0.1, 0.15) is 44.9 Å². The van der Waals surface area contributed by atoms with E-state index in [4.69, 9.17) is 16.6 Å². The van der Waals surface area contributed by atoms with E-state index in [0.29, 0.717) is 35.7 Å². The van der Waals surface area contributed by atoms with Crippen molar-refractivity contribution in [2.24, 2.45) is 0 Å². The molecule has 0 saturated carbocycles. The number of pyridine rings is 2. The molecule has 0 spiro atoms. The number of amides is 1. The number of phenolic OH excluding ortho intramolecular Hbond substituents is 1. The number of benzene rings is 1. The molecule has 1 N–H and O–H groups in total. The number of halogens is 2. The lowest BCUT2D eigenvalue weighted by molar-refractivity contribution is -0.127. The lowest BCUT2D eigenvalue weighted by atomic mass is 10.0. The smallest absolute Gasteiger partial charge is 0.355 e. The first-order valence-electron chi connectivity index (χ1n) is 13.7. The normalized spacial score (nSPS) is 17.2. The zero-order valence-electron chi connectivity index (χ0n) is 24.1. The van der Waals surface area contributed by atoms with Crippen molar-refractivity contribution >= 4 is 34.4 Å². The SMILES string of the molecule is C=CC(=O)N1C[C@@H](C)N(c2nc(=O)n(-c3c(C)ccnc3C(C)C)c3nc(-c4c(O)cccc4F)c(Cl)cc23)[C@@H](C)C1. The van der Waals surface area contributed by atoms with Crippen molar-refractivity contribution in [1.82, 2.24) is 24.4 Å². The summed E-state index contributed by atoms with van der Waals surface area (Å²) in [6.45, 7) is 14.1. The molecule has 1 saturated heterocycles. The molecule has 218 valence electrons. The third kappa shape index (κ3) is 4.89. The number of hydrogen-bond acceptors (Lipinski definition) is 7. The highest BCUT2D eigenvalue weighted by Crippen LogP contribution is 2.39. The number of aryl methyl sites for hydroxylation is 1. The fourth-order valence-electron chi connectivity index (χ4n) is 5.76. The number of fused-ring (bicyclic) bond motifs is 1. The minimum absolute atomic E-state index is 0.0137. The Balaban J connectivity index is 1.86. The maximum atomic E-state index is 15.1. The summed E-state index contributed by atoms with van der Waals surface area (Å²) in [5.74, 6) is -0.910. The summed E-state index contributed by atoms with van der Waals surface area (Å²) in [4.78, 5) is 44.0. The molecule has 5 rings (SSSR count). The van der Waals surface area contributed by atoms with Gasteiger partial charge in [0.1, 0.15) is 17.4 Å². The molecule has 1 aliphatic heterocycles. The molecular formula is C31H32ClFN6O3. The quantitative estimate of drug-likeness (QED) is 0.311. The van der Waals surface area contributed by atoms with Crippen molar-refractivity contribution < 1.29 is 14.3 Å². The molecule has 9 nitrogen and oxygen atoms in total. The average molecular weight is 591 g/mol. The minimum atomic E-state index is -0.711. The van der Waals surface area contributed by atoms with Gasteiger partial charge in [-0.2, -0.15) is 4.98 Å². The molecule has 4 aromatic rings. The molecule has 0 radical (unpaired) electrons. The number of aromatic hydroxyl groups is 1. The van der Waals surface area contributed by atoms with E-state index in [-0.39, 0.29) is 51.6 Å². The predicted molar refractivity (Wildman–Crippen MR) is 162 cm³/mol. The summed E-state index contributed by atoms with van der Waals surface area (Å²) in [6, 6.07) is 6.90. The molecule has 2 atom stereocenters. The van der Waals surface area contributed by atoms with E-state index in [0.717, 1.165) is 5.56 Å². The molecule has 1 fully saturated rings. The highest BCUT2D eigenvalue weighted by atomic mass is 35.5. The Morgan fingerprint density at radius 1 is 1.19 bits per heavy atom. The van der Waals surface area contributed by atoms with Gasteiger partial charge in [-0.15, -0.1) is 0 Å². The van der Waals surface area contributed by atoms with Crippen LogP contribution in [0.3, 0.4) is 0 Å². The van der Waals surface area contributed by atoms with E-state index in [1.165, 1.54) is 28.8 Å². The third-order valence-electron chi connectivity index (χ3n) is 7.60. The van der Waals surface area contributed by atoms with Gasteiger partial charge in [-0.05, 0) is 62.6 Å². The standard InChI is InChI=1S/C31H32ClFN6O3/c1-7-24(41)37-14-18(5)38(19(6)15-37)30-20-13-21(32)27(25-22(33)9-8-10-23(25)40)35-29(20)39(31(42)36-30)28-17(4)11-12-34-26(28)16(2)3/h7-13,16,18-19,40H,1,14-15H2,2-6H3/t18-,19+. The van der Waals surface area contributed by atoms with E-state index in [1.54, 1.807) is 23.2 Å². The summed E-state index contributed by atoms with van der Waals surface area (Å²) in [6.07, 6.45) is 2.97. The van der Waals surface area contributed by atoms with Crippen LogP contribution in [0, 0.1) is 12.7 Å². The van der Waals surface area contributed by atoms with Crippen LogP contribution in [0.5, 0.6) is 5.75 Å². The Hall–Kier alpha value is -4.31. The Labute approximate surface area is 247 Å². The van der Waals surface area contributed by atoms with Crippen LogP contribution in [0.2, 0.25) is 5.02 Å². The second-order valence-corrected chi connectivity index (χ2v) is 11.4. The monoisotopic (exact) mass is 590 g/mol. The van der Waals surface area contributed by atoms with Gasteiger partial charge in [0.25, 0.3) is 0 Å². The molecule has 11 heteroatoms. The summed E-state index contributed by atoms with van der Waals surface area (Å²) in [5, 5.41) is 11.1. The van der Waals surface area contributed by atoms with Crippen molar-refractivity contribution in [2.75, 3.05) is 18.0 Å². The molecule has 0 aliphatic carbocycles. The Morgan fingerprint density at radius 2 is 1.88 bits per heavy atom. The van der Waals surface area contributed by atoms with Crippen LogP contribution in [0.4, 0.5) is 10.2 Å². The first-order chi connectivity index (χ1) is 19.9. The van der Waals surface area contributed by atoms with Crippen LogP contribution in [0.15, 0.2) is 54.0 Å². The van der Waals surface area contributed by atoms with Crippen LogP contribution in [0.25, 0.3) is 28.0 Å². The second kappa shape index (κ2) is 11.2. The Kier molecular flexibility index (Phi) is 7.76. The number of anilines is 1. The summed E-state index contributed by atoms with van der Waals surface area (Å²) < 4.78 is 16.4. The van der Waals surface area contributed by atoms with E-state index in [2.05, 4.69) is 16.5 Å². The molecule has 1 amide bonds. The zero-order chi connectivity index (χ0) is 30.5. The lowest BCUT2D eigenvalue weighted by Crippen LogP contribution is -2.58. The highest BCUT2D eigenvalue weighted by molar-refractivity contribution is 6.34. The fourth-order valence-corrected chi connectivity index (χ4v) is 6.01. The maximum Gasteiger partial charge on any atom is 0.355 e. The molecule has 4 heterocycles. The molecule has 0 bridgehead atoms. The first kappa shape index (κ1) is 29.2. The number of phenols is 1. The topological polar surface area (TPSA) is 104 Å². The maximum absolute atomic E-state index is 15.1. The third-order valence-corrected chi connectivity index (χ3v) is 7.89. The van der Waals surface area contributed by atoms with Crippen molar-refractivity contribution in [3.8, 4) is 22.7 Å². The first-order valence-corrected chi connectivity index (χ1v) is 14.1. The minimum Gasteiger partial charge on any atom is -0.507 e. The van der Waals surface area contributed by atoms with Gasteiger partial charge in [0, 0.05) is 31.4 Å². The summed E-state index contributed by atoms with van der Waals surface area (Å²) >= 11 is 6.75. The van der Waals surface area contributed by atoms with Crippen molar-refractivity contribution in [3.05, 3.63) is 81.8 Å². The van der Waals surface area contributed by atoms with Crippen molar-refractivity contribution in [1.29, 1.82) is 0 Å². The molecule has 3 aromatic heterocycles. The number of aromatic nitrogens is 4. The fraction of sp³-hybridized carbons (Fsp3) is 0.323. The largest absolute Gasteiger partial charge is 0.507 e. The van der Waals surface area contributed by atoms with Crippen LogP contribution >= 0.6 is 11.6 Å². The number of rotatable bonds is 5. The van der Waals surface area contributed by atoms with E-state index in [1.807, 2.05) is 39.5 Å². The molecule has 1 aromatic carbocycles. The molecule has 0 unspecified atom stereocenters. The van der Waals surface area contributed by atoms with Gasteiger partial charge >= 0.3 is 5.69 Å². The van der Waals surface area contributed by atoms with Crippen molar-refractivity contribution in [2.45, 2.75) is 52.6 Å². The van der Waals surface area contributed by atoms with Gasteiger partial charge in [-0.3, -0.25) is 9.78 Å². The summed E-state index contributed by atoms with van der Waals surface area (Å²) in [5.41, 5.74) is 1.37. The number of carbonyl (C=O) groups excluding carboxylic acids is 1. The highest BCUT2D eigenvalue weighted by Gasteiger charge is 2.34. The van der Waals surface area contributed by atoms with Crippen LogP contribution in [-0.4, -0.2) is 60.6 Å².